The lowest BCUT2D eigenvalue weighted by Crippen LogP contribution is -2.35. The summed E-state index contributed by atoms with van der Waals surface area (Å²) in [6.45, 7) is 2.18. The van der Waals surface area contributed by atoms with Gasteiger partial charge in [0.1, 0.15) is 0 Å². The Morgan fingerprint density at radius 3 is 2.29 bits per heavy atom. The predicted molar refractivity (Wildman–Crippen MR) is 95.7 cm³/mol. The smallest absolute Gasteiger partial charge is 0.261 e. The summed E-state index contributed by atoms with van der Waals surface area (Å²) in [5.74, 6) is 0.993. The molecular weight excluding hydrogens is 304 g/mol. The van der Waals surface area contributed by atoms with Crippen LogP contribution in [0.4, 0.5) is 5.69 Å². The number of nitrogens with one attached hydrogen (secondary N) is 1. The molecule has 2 aromatic rings. The second-order valence-corrected chi connectivity index (χ2v) is 5.69. The molecule has 0 aromatic heterocycles. The first kappa shape index (κ1) is 17.7. The largest absolute Gasteiger partial charge is 0.493 e. The van der Waals surface area contributed by atoms with Crippen molar-refractivity contribution in [1.29, 1.82) is 0 Å². The van der Waals surface area contributed by atoms with Crippen LogP contribution in [0, 0.1) is 0 Å². The van der Waals surface area contributed by atoms with E-state index >= 15 is 0 Å². The van der Waals surface area contributed by atoms with Crippen LogP contribution in [0.5, 0.6) is 11.5 Å². The van der Waals surface area contributed by atoms with Gasteiger partial charge < -0.3 is 19.7 Å². The molecule has 2 rings (SSSR count). The van der Waals surface area contributed by atoms with Crippen molar-refractivity contribution in [2.45, 2.75) is 19.6 Å². The number of benzene rings is 2. The highest BCUT2D eigenvalue weighted by atomic mass is 16.5. The van der Waals surface area contributed by atoms with Gasteiger partial charge in [-0.2, -0.15) is 0 Å². The highest BCUT2D eigenvalue weighted by Crippen LogP contribution is 2.26. The molecule has 0 radical (unpaired) electrons. The number of anilines is 1. The molecule has 0 aliphatic heterocycles. The first-order valence-electron chi connectivity index (χ1n) is 7.85. The molecule has 128 valence electrons. The Morgan fingerprint density at radius 1 is 1.08 bits per heavy atom. The summed E-state index contributed by atoms with van der Waals surface area (Å²) in [4.78, 5) is 14.2. The number of para-hydroxylation sites is 2. The zero-order valence-corrected chi connectivity index (χ0v) is 14.6. The lowest BCUT2D eigenvalue weighted by molar-refractivity contribution is -0.127. The van der Waals surface area contributed by atoms with Gasteiger partial charge in [-0.25, -0.2) is 0 Å². The molecular formula is C19H24N2O3. The van der Waals surface area contributed by atoms with E-state index in [9.17, 15) is 4.79 Å². The second kappa shape index (κ2) is 8.24. The van der Waals surface area contributed by atoms with Gasteiger partial charge in [-0.15, -0.1) is 0 Å². The van der Waals surface area contributed by atoms with Crippen molar-refractivity contribution in [3.8, 4) is 11.5 Å². The molecule has 0 aliphatic rings. The van der Waals surface area contributed by atoms with Crippen LogP contribution in [-0.4, -0.2) is 33.2 Å². The zero-order chi connectivity index (χ0) is 17.5. The van der Waals surface area contributed by atoms with Gasteiger partial charge in [0.2, 0.25) is 0 Å². The van der Waals surface area contributed by atoms with Gasteiger partial charge in [0.25, 0.3) is 5.91 Å². The lowest BCUT2D eigenvalue weighted by Gasteiger charge is -2.17. The SMILES string of the molecule is COc1ccccc1OC(C)C(=O)NCc1ccc(N(C)C)cc1. The first-order chi connectivity index (χ1) is 11.5. The Bertz CT molecular complexity index is 669. The van der Waals surface area contributed by atoms with Crippen LogP contribution in [0.3, 0.4) is 0 Å². The molecule has 0 spiro atoms. The minimum atomic E-state index is -0.609. The monoisotopic (exact) mass is 328 g/mol. The third kappa shape index (κ3) is 4.65. The quantitative estimate of drug-likeness (QED) is 0.849. The van der Waals surface area contributed by atoms with E-state index in [1.807, 2.05) is 55.4 Å². The van der Waals surface area contributed by atoms with Gasteiger partial charge in [0, 0.05) is 26.3 Å². The van der Waals surface area contributed by atoms with Gasteiger partial charge in [-0.05, 0) is 36.8 Å². The number of amides is 1. The van der Waals surface area contributed by atoms with Crippen LogP contribution in [0.15, 0.2) is 48.5 Å². The number of methoxy groups -OCH3 is 1. The fourth-order valence-corrected chi connectivity index (χ4v) is 2.20. The summed E-state index contributed by atoms with van der Waals surface area (Å²) in [5.41, 5.74) is 2.16. The van der Waals surface area contributed by atoms with Crippen molar-refractivity contribution in [2.24, 2.45) is 0 Å². The molecule has 5 nitrogen and oxygen atoms in total. The van der Waals surface area contributed by atoms with Crippen molar-refractivity contribution >= 4 is 11.6 Å². The average Bonchev–Trinajstić information content (AvgIpc) is 2.60. The van der Waals surface area contributed by atoms with Crippen LogP contribution in [0.25, 0.3) is 0 Å². The van der Waals surface area contributed by atoms with E-state index < -0.39 is 6.10 Å². The molecule has 2 aromatic carbocycles. The summed E-state index contributed by atoms with van der Waals surface area (Å²) >= 11 is 0. The van der Waals surface area contributed by atoms with E-state index in [0.717, 1.165) is 11.3 Å². The second-order valence-electron chi connectivity index (χ2n) is 5.69. The third-order valence-corrected chi connectivity index (χ3v) is 3.66. The van der Waals surface area contributed by atoms with Gasteiger partial charge in [-0.1, -0.05) is 24.3 Å². The molecule has 1 N–H and O–H groups in total. The van der Waals surface area contributed by atoms with Crippen molar-refractivity contribution < 1.29 is 14.3 Å². The molecule has 0 saturated heterocycles. The predicted octanol–water partition coefficient (Wildman–Crippen LogP) is 2.84. The van der Waals surface area contributed by atoms with Crippen molar-refractivity contribution in [1.82, 2.24) is 5.32 Å². The van der Waals surface area contributed by atoms with Crippen LogP contribution >= 0.6 is 0 Å². The molecule has 5 heteroatoms. The number of carbonyl (C=O) groups is 1. The van der Waals surface area contributed by atoms with Crippen LogP contribution < -0.4 is 19.7 Å². The number of rotatable bonds is 7. The molecule has 1 atom stereocenters. The maximum Gasteiger partial charge on any atom is 0.261 e. The summed E-state index contributed by atoms with van der Waals surface area (Å²) in [7, 11) is 5.56. The molecule has 0 fully saturated rings. The Morgan fingerprint density at radius 2 is 1.71 bits per heavy atom. The first-order valence-corrected chi connectivity index (χ1v) is 7.85. The normalized spacial score (nSPS) is 11.5. The highest BCUT2D eigenvalue weighted by Gasteiger charge is 2.16. The molecule has 0 bridgehead atoms. The molecule has 0 aliphatic carbocycles. The third-order valence-electron chi connectivity index (χ3n) is 3.66. The Labute approximate surface area is 143 Å². The van der Waals surface area contributed by atoms with Gasteiger partial charge in [0.05, 0.1) is 7.11 Å². The maximum atomic E-state index is 12.2. The number of hydrogen-bond donors (Lipinski definition) is 1. The fourth-order valence-electron chi connectivity index (χ4n) is 2.20. The minimum Gasteiger partial charge on any atom is -0.493 e. The summed E-state index contributed by atoms with van der Waals surface area (Å²) in [6.07, 6.45) is -0.609. The number of hydrogen-bond acceptors (Lipinski definition) is 4. The van der Waals surface area contributed by atoms with E-state index in [2.05, 4.69) is 5.32 Å². The molecule has 1 unspecified atom stereocenters. The molecule has 0 saturated carbocycles. The Balaban J connectivity index is 1.89. The minimum absolute atomic E-state index is 0.169. The fraction of sp³-hybridized carbons (Fsp3) is 0.316. The lowest BCUT2D eigenvalue weighted by atomic mass is 10.2. The van der Waals surface area contributed by atoms with Gasteiger partial charge >= 0.3 is 0 Å². The van der Waals surface area contributed by atoms with Gasteiger partial charge in [0.15, 0.2) is 17.6 Å². The number of carbonyl (C=O) groups excluding carboxylic acids is 1. The van der Waals surface area contributed by atoms with E-state index in [1.54, 1.807) is 26.2 Å². The van der Waals surface area contributed by atoms with E-state index in [0.29, 0.717) is 18.0 Å². The highest BCUT2D eigenvalue weighted by molar-refractivity contribution is 5.80. The van der Waals surface area contributed by atoms with Crippen molar-refractivity contribution in [3.63, 3.8) is 0 Å². The van der Waals surface area contributed by atoms with E-state index in [-0.39, 0.29) is 5.91 Å². The standard InChI is InChI=1S/C19H24N2O3/c1-14(24-18-8-6-5-7-17(18)23-4)19(22)20-13-15-9-11-16(12-10-15)21(2)3/h5-12,14H,13H2,1-4H3,(H,20,22). The van der Waals surface area contributed by atoms with E-state index in [1.165, 1.54) is 0 Å². The average molecular weight is 328 g/mol. The molecule has 1 amide bonds. The zero-order valence-electron chi connectivity index (χ0n) is 14.6. The number of nitrogens with zero attached hydrogens (tertiary/aromatic N) is 1. The molecule has 0 heterocycles. The summed E-state index contributed by atoms with van der Waals surface area (Å²) in [5, 5.41) is 2.89. The topological polar surface area (TPSA) is 50.8 Å². The Kier molecular flexibility index (Phi) is 6.07. The van der Waals surface area contributed by atoms with Gasteiger partial charge in [-0.3, -0.25) is 4.79 Å². The molecule has 24 heavy (non-hydrogen) atoms. The van der Waals surface area contributed by atoms with E-state index in [4.69, 9.17) is 9.47 Å². The Hall–Kier alpha value is -2.69. The van der Waals surface area contributed by atoms with Crippen LogP contribution in [0.1, 0.15) is 12.5 Å². The summed E-state index contributed by atoms with van der Waals surface area (Å²) < 4.78 is 10.9. The maximum absolute atomic E-state index is 12.2. The van der Waals surface area contributed by atoms with Crippen molar-refractivity contribution in [3.05, 3.63) is 54.1 Å². The van der Waals surface area contributed by atoms with Crippen molar-refractivity contribution in [2.75, 3.05) is 26.1 Å². The van der Waals surface area contributed by atoms with Crippen LogP contribution in [-0.2, 0) is 11.3 Å². The number of ether oxygens (including phenoxy) is 2. The summed E-state index contributed by atoms with van der Waals surface area (Å²) in [6, 6.07) is 15.3. The van der Waals surface area contributed by atoms with Crippen LogP contribution in [0.2, 0.25) is 0 Å².